The van der Waals surface area contributed by atoms with Gasteiger partial charge >= 0.3 is 6.09 Å². The third-order valence-corrected chi connectivity index (χ3v) is 7.32. The lowest BCUT2D eigenvalue weighted by atomic mass is 10.0. The van der Waals surface area contributed by atoms with Gasteiger partial charge in [-0.05, 0) is 46.3 Å². The second-order valence-electron chi connectivity index (χ2n) is 10.1. The van der Waals surface area contributed by atoms with Crippen molar-refractivity contribution in [2.75, 3.05) is 26.7 Å². The number of allylic oxidation sites excluding steroid dienone is 3. The number of benzene rings is 1. The number of likely N-dealkylation sites (N-methyl/N-ethyl adjacent to an activating group) is 1. The first-order chi connectivity index (χ1) is 17.4. The fourth-order valence-electron chi connectivity index (χ4n) is 4.67. The van der Waals surface area contributed by atoms with Gasteiger partial charge in [-0.3, -0.25) is 4.79 Å². The minimum absolute atomic E-state index is 0.0423. The summed E-state index contributed by atoms with van der Waals surface area (Å²) in [6, 6.07) is 3.77. The maximum Gasteiger partial charge on any atom is 0.410 e. The maximum absolute atomic E-state index is 13.4. The van der Waals surface area contributed by atoms with Crippen molar-refractivity contribution in [3.05, 3.63) is 52.2 Å². The Morgan fingerprint density at radius 1 is 1.24 bits per heavy atom. The van der Waals surface area contributed by atoms with Crippen molar-refractivity contribution in [2.45, 2.75) is 65.8 Å². The van der Waals surface area contributed by atoms with Gasteiger partial charge in [0.05, 0.1) is 41.2 Å². The van der Waals surface area contributed by atoms with Gasteiger partial charge in [-0.25, -0.2) is 4.79 Å². The van der Waals surface area contributed by atoms with Crippen LogP contribution in [0, 0.1) is 0 Å². The third kappa shape index (κ3) is 6.33. The lowest BCUT2D eigenvalue weighted by molar-refractivity contribution is -0.135. The fraction of sp³-hybridized carbons (Fsp3) is 0.500. The zero-order chi connectivity index (χ0) is 27.5. The molecule has 0 N–H and O–H groups in total. The van der Waals surface area contributed by atoms with E-state index in [0.29, 0.717) is 36.2 Å². The zero-order valence-corrected chi connectivity index (χ0v) is 24.1. The monoisotopic (exact) mass is 549 g/mol. The first-order valence-electron chi connectivity index (χ1n) is 12.5. The predicted octanol–water partition coefficient (Wildman–Crippen LogP) is 6.54. The molecule has 1 aliphatic heterocycles. The molecule has 0 spiro atoms. The molecule has 1 aliphatic rings. The highest BCUT2D eigenvalue weighted by atomic mass is 35.5. The van der Waals surface area contributed by atoms with Crippen LogP contribution < -0.4 is 0 Å². The summed E-state index contributed by atoms with van der Waals surface area (Å²) in [4.78, 5) is 29.4. The van der Waals surface area contributed by atoms with Gasteiger partial charge in [-0.15, -0.1) is 0 Å². The topological polar surface area (TPSA) is 64.0 Å². The first-order valence-corrected chi connectivity index (χ1v) is 13.3. The molecule has 0 bridgehead atoms. The van der Waals surface area contributed by atoms with Crippen molar-refractivity contribution in [2.24, 2.45) is 0 Å². The number of halogens is 2. The molecule has 1 atom stereocenters. The van der Waals surface area contributed by atoms with Gasteiger partial charge < -0.3 is 23.8 Å². The second-order valence-corrected chi connectivity index (χ2v) is 10.9. The summed E-state index contributed by atoms with van der Waals surface area (Å²) in [6.07, 6.45) is 3.09. The Hall–Kier alpha value is -2.48. The lowest BCUT2D eigenvalue weighted by Gasteiger charge is -2.32. The maximum atomic E-state index is 13.4. The van der Waals surface area contributed by atoms with E-state index in [4.69, 9.17) is 32.7 Å². The first kappa shape index (κ1) is 29.1. The van der Waals surface area contributed by atoms with Crippen LogP contribution in [0.1, 0.15) is 52.3 Å². The molecule has 202 valence electrons. The molecule has 37 heavy (non-hydrogen) atoms. The summed E-state index contributed by atoms with van der Waals surface area (Å²) in [6.45, 7) is 15.5. The summed E-state index contributed by atoms with van der Waals surface area (Å²) < 4.78 is 13.3. The smallest absolute Gasteiger partial charge is 0.410 e. The second kappa shape index (κ2) is 11.9. The molecule has 2 amide bonds. The average molecular weight is 551 g/mol. The minimum atomic E-state index is -0.600. The van der Waals surface area contributed by atoms with Crippen LogP contribution in [0.15, 0.2) is 30.9 Å². The van der Waals surface area contributed by atoms with Crippen molar-refractivity contribution in [1.29, 1.82) is 0 Å². The van der Waals surface area contributed by atoms with Crippen molar-refractivity contribution in [3.63, 3.8) is 0 Å². The summed E-state index contributed by atoms with van der Waals surface area (Å²) in [5.74, 6) is -0.0423. The summed E-state index contributed by atoms with van der Waals surface area (Å²) >= 11 is 13.0. The molecule has 1 unspecified atom stereocenters. The van der Waals surface area contributed by atoms with Gasteiger partial charge in [-0.2, -0.15) is 0 Å². The number of ether oxygens (including phenoxy) is 2. The molecule has 7 nitrogen and oxygen atoms in total. The van der Waals surface area contributed by atoms with Gasteiger partial charge in [0.15, 0.2) is 0 Å². The number of hydrogen-bond donors (Lipinski definition) is 0. The van der Waals surface area contributed by atoms with Crippen LogP contribution >= 0.6 is 23.2 Å². The molecular formula is C28H37Cl2N3O4. The van der Waals surface area contributed by atoms with Crippen LogP contribution in [0.25, 0.3) is 16.5 Å². The largest absolute Gasteiger partial charge is 0.444 e. The highest BCUT2D eigenvalue weighted by molar-refractivity contribution is 6.45. The quantitative estimate of drug-likeness (QED) is 0.350. The van der Waals surface area contributed by atoms with Gasteiger partial charge in [0.1, 0.15) is 5.60 Å². The van der Waals surface area contributed by atoms with Crippen LogP contribution in [-0.4, -0.2) is 64.8 Å². The number of nitrogens with zero attached hydrogens (tertiary/aromatic N) is 3. The van der Waals surface area contributed by atoms with Crippen LogP contribution in [0.5, 0.6) is 0 Å². The number of aromatic nitrogens is 1. The molecular weight excluding hydrogens is 513 g/mol. The van der Waals surface area contributed by atoms with Crippen LogP contribution in [0.3, 0.4) is 0 Å². The van der Waals surface area contributed by atoms with E-state index in [1.165, 1.54) is 0 Å². The summed E-state index contributed by atoms with van der Waals surface area (Å²) in [5.41, 5.74) is 3.24. The van der Waals surface area contributed by atoms with Crippen molar-refractivity contribution < 1.29 is 19.1 Å². The summed E-state index contributed by atoms with van der Waals surface area (Å²) in [7, 11) is 1.56. The van der Waals surface area contributed by atoms with Crippen LogP contribution in [-0.2, 0) is 27.4 Å². The number of amides is 2. The zero-order valence-electron chi connectivity index (χ0n) is 22.6. The fourth-order valence-corrected chi connectivity index (χ4v) is 5.09. The summed E-state index contributed by atoms with van der Waals surface area (Å²) in [5, 5.41) is 1.98. The molecule has 0 aliphatic carbocycles. The molecule has 1 aromatic carbocycles. The number of carbonyl (C=O) groups is 2. The predicted molar refractivity (Wildman–Crippen MR) is 150 cm³/mol. The molecule has 0 radical (unpaired) electrons. The standard InChI is InChI=1S/C28H37Cl2N3O4/c1-8-18(9-2)24-20-11-12-21(29)25(30)26(20)33-14-13-32(17-22(24)33)23(34)15-19(36-7)16-31(10-3)27(35)37-28(4,5)6/h8-9,11-12,19H,1,10,13-17H2,2-7H3/b18-9+. The Morgan fingerprint density at radius 2 is 1.95 bits per heavy atom. The average Bonchev–Trinajstić information content (AvgIpc) is 3.17. The molecule has 1 aromatic heterocycles. The normalized spacial score (nSPS) is 14.9. The van der Waals surface area contributed by atoms with E-state index in [2.05, 4.69) is 11.1 Å². The number of carbonyl (C=O) groups excluding carboxylic acids is 2. The molecule has 9 heteroatoms. The van der Waals surface area contributed by atoms with Crippen LogP contribution in [0.2, 0.25) is 10.0 Å². The van der Waals surface area contributed by atoms with Crippen LogP contribution in [0.4, 0.5) is 4.79 Å². The van der Waals surface area contributed by atoms with E-state index in [1.807, 2.05) is 57.7 Å². The third-order valence-electron chi connectivity index (χ3n) is 6.52. The Bertz CT molecular complexity index is 1210. The molecule has 0 saturated carbocycles. The molecule has 2 heterocycles. The highest BCUT2D eigenvalue weighted by Gasteiger charge is 2.31. The van der Waals surface area contributed by atoms with Gasteiger partial charge in [0, 0.05) is 43.4 Å². The number of methoxy groups -OCH3 is 1. The van der Waals surface area contributed by atoms with Crippen molar-refractivity contribution >= 4 is 51.7 Å². The lowest BCUT2D eigenvalue weighted by Crippen LogP contribution is -2.44. The van der Waals surface area contributed by atoms with E-state index in [0.717, 1.165) is 27.7 Å². The molecule has 0 fully saturated rings. The number of rotatable bonds is 8. The Labute approximate surface area is 229 Å². The Balaban J connectivity index is 1.85. The Morgan fingerprint density at radius 3 is 2.51 bits per heavy atom. The highest BCUT2D eigenvalue weighted by Crippen LogP contribution is 2.40. The van der Waals surface area contributed by atoms with Crippen molar-refractivity contribution in [3.8, 4) is 0 Å². The molecule has 2 aromatic rings. The van der Waals surface area contributed by atoms with Gasteiger partial charge in [0.25, 0.3) is 0 Å². The van der Waals surface area contributed by atoms with E-state index in [-0.39, 0.29) is 18.9 Å². The SMILES string of the molecule is C=C/C(=C\C)c1c2n(c3c(Cl)c(Cl)ccc13)CCN(C(=O)CC(CN(CC)C(=O)OC(C)(C)C)OC)C2. The van der Waals surface area contributed by atoms with Gasteiger partial charge in [0.2, 0.25) is 5.91 Å². The van der Waals surface area contributed by atoms with E-state index in [9.17, 15) is 9.59 Å². The number of fused-ring (bicyclic) bond motifs is 3. The molecule has 3 rings (SSSR count). The van der Waals surface area contributed by atoms with Crippen molar-refractivity contribution in [1.82, 2.24) is 14.4 Å². The van der Waals surface area contributed by atoms with E-state index in [1.54, 1.807) is 18.1 Å². The van der Waals surface area contributed by atoms with E-state index >= 15 is 0 Å². The Kier molecular flexibility index (Phi) is 9.37. The number of hydrogen-bond acceptors (Lipinski definition) is 4. The molecule has 0 saturated heterocycles. The van der Waals surface area contributed by atoms with E-state index < -0.39 is 17.8 Å². The van der Waals surface area contributed by atoms with Gasteiger partial charge in [-0.1, -0.05) is 48.0 Å². The minimum Gasteiger partial charge on any atom is -0.444 e.